The Kier molecular flexibility index (Phi) is 6.84. The summed E-state index contributed by atoms with van der Waals surface area (Å²) in [6.45, 7) is 4.05. The van der Waals surface area contributed by atoms with Crippen molar-refractivity contribution in [3.63, 3.8) is 0 Å². The lowest BCUT2D eigenvalue weighted by atomic mass is 10.1. The number of aliphatic hydroxyl groups is 1. The van der Waals surface area contributed by atoms with Gasteiger partial charge in [0.25, 0.3) is 5.91 Å². The number of para-hydroxylation sites is 1. The number of fused-ring (bicyclic) bond motifs is 1. The molecule has 0 radical (unpaired) electrons. The Morgan fingerprint density at radius 3 is 2.65 bits per heavy atom. The number of rotatable bonds is 7. The predicted octanol–water partition coefficient (Wildman–Crippen LogP) is 6.39. The average Bonchev–Trinajstić information content (AvgIpc) is 3.40. The SMILES string of the molecule is C=CCNc1sc(C(O)=C(C#N)c2nc3ccccc3s2)c(N)c1C(=O)Nc1ccc(Cl)cc1. The molecule has 0 atom stereocenters. The van der Waals surface area contributed by atoms with Gasteiger partial charge in [-0.3, -0.25) is 4.79 Å². The van der Waals surface area contributed by atoms with Crippen LogP contribution < -0.4 is 16.4 Å². The van der Waals surface area contributed by atoms with Crippen molar-refractivity contribution in [2.75, 3.05) is 22.9 Å². The highest BCUT2D eigenvalue weighted by atomic mass is 35.5. The number of nitrogen functional groups attached to an aromatic ring is 1. The van der Waals surface area contributed by atoms with Crippen molar-refractivity contribution in [2.45, 2.75) is 0 Å². The summed E-state index contributed by atoms with van der Waals surface area (Å²) in [6.07, 6.45) is 1.63. The van der Waals surface area contributed by atoms with Gasteiger partial charge < -0.3 is 21.5 Å². The van der Waals surface area contributed by atoms with Crippen LogP contribution in [0.1, 0.15) is 20.2 Å². The number of aliphatic hydroxyl groups excluding tert-OH is 1. The molecule has 0 aliphatic carbocycles. The summed E-state index contributed by atoms with van der Waals surface area (Å²) in [5, 5.41) is 28.1. The van der Waals surface area contributed by atoms with Crippen LogP contribution in [0.15, 0.2) is 61.2 Å². The summed E-state index contributed by atoms with van der Waals surface area (Å²) in [5.41, 5.74) is 7.78. The van der Waals surface area contributed by atoms with Gasteiger partial charge in [-0.1, -0.05) is 29.8 Å². The average molecular weight is 508 g/mol. The maximum atomic E-state index is 13.1. The van der Waals surface area contributed by atoms with Gasteiger partial charge in [-0.05, 0) is 36.4 Å². The number of benzene rings is 2. The van der Waals surface area contributed by atoms with Crippen LogP contribution in [0.25, 0.3) is 21.5 Å². The highest BCUT2D eigenvalue weighted by molar-refractivity contribution is 7.20. The van der Waals surface area contributed by atoms with Gasteiger partial charge in [0.15, 0.2) is 5.76 Å². The summed E-state index contributed by atoms with van der Waals surface area (Å²) in [7, 11) is 0. The van der Waals surface area contributed by atoms with Crippen LogP contribution >= 0.6 is 34.3 Å². The van der Waals surface area contributed by atoms with Crippen LogP contribution in [-0.4, -0.2) is 22.5 Å². The van der Waals surface area contributed by atoms with E-state index in [4.69, 9.17) is 17.3 Å². The van der Waals surface area contributed by atoms with Gasteiger partial charge >= 0.3 is 0 Å². The summed E-state index contributed by atoms with van der Waals surface area (Å²) in [6, 6.07) is 16.1. The molecule has 2 heterocycles. The molecular formula is C24H18ClN5O2S2. The second-order valence-electron chi connectivity index (χ2n) is 7.00. The first kappa shape index (κ1) is 23.3. The Balaban J connectivity index is 1.78. The largest absolute Gasteiger partial charge is 0.505 e. The van der Waals surface area contributed by atoms with Gasteiger partial charge in [0.1, 0.15) is 21.7 Å². The summed E-state index contributed by atoms with van der Waals surface area (Å²) in [4.78, 5) is 17.8. The van der Waals surface area contributed by atoms with Crippen molar-refractivity contribution in [3.8, 4) is 6.07 Å². The standard InChI is InChI=1S/C24H18ClN5O2S2/c1-2-11-28-24-18(22(32)29-14-9-7-13(25)8-10-14)19(27)21(34-24)20(31)15(12-26)23-30-16-5-3-4-6-17(16)33-23/h2-10,28,31H,1,11,27H2,(H,29,32). The van der Waals surface area contributed by atoms with Gasteiger partial charge in [-0.15, -0.1) is 29.3 Å². The van der Waals surface area contributed by atoms with Crippen LogP contribution in [0.4, 0.5) is 16.4 Å². The van der Waals surface area contributed by atoms with Crippen LogP contribution in [0.3, 0.4) is 0 Å². The molecule has 2 aromatic carbocycles. The predicted molar refractivity (Wildman–Crippen MR) is 141 cm³/mol. The minimum atomic E-state index is -0.472. The molecule has 10 heteroatoms. The Morgan fingerprint density at radius 1 is 1.24 bits per heavy atom. The molecule has 0 aliphatic heterocycles. The van der Waals surface area contributed by atoms with Gasteiger partial charge in [0.2, 0.25) is 0 Å². The number of thiazole rings is 1. The number of hydrogen-bond donors (Lipinski definition) is 4. The molecule has 7 nitrogen and oxygen atoms in total. The van der Waals surface area contributed by atoms with E-state index in [1.54, 1.807) is 30.3 Å². The minimum absolute atomic E-state index is 0.0194. The van der Waals surface area contributed by atoms with E-state index < -0.39 is 5.91 Å². The molecule has 5 N–H and O–H groups in total. The number of halogens is 1. The number of nitrogens with two attached hydrogens (primary N) is 1. The van der Waals surface area contributed by atoms with Crippen molar-refractivity contribution >= 4 is 78.1 Å². The second-order valence-corrected chi connectivity index (χ2v) is 9.49. The maximum Gasteiger partial charge on any atom is 0.260 e. The van der Waals surface area contributed by atoms with Crippen molar-refractivity contribution in [3.05, 3.63) is 81.7 Å². The molecule has 0 bridgehead atoms. The fourth-order valence-electron chi connectivity index (χ4n) is 3.16. The molecule has 0 spiro atoms. The normalized spacial score (nSPS) is 11.5. The van der Waals surface area contributed by atoms with Gasteiger partial charge in [0.05, 0.1) is 26.3 Å². The van der Waals surface area contributed by atoms with Crippen LogP contribution in [0.2, 0.25) is 5.02 Å². The Bertz CT molecular complexity index is 1430. The molecule has 0 saturated heterocycles. The fraction of sp³-hybridized carbons (Fsp3) is 0.0417. The monoisotopic (exact) mass is 507 g/mol. The number of anilines is 3. The number of nitrogens with zero attached hydrogens (tertiary/aromatic N) is 2. The van der Waals surface area contributed by atoms with Gasteiger partial charge in [-0.25, -0.2) is 4.98 Å². The van der Waals surface area contributed by atoms with Crippen LogP contribution in [-0.2, 0) is 0 Å². The molecule has 170 valence electrons. The zero-order valence-corrected chi connectivity index (χ0v) is 20.0. The molecular weight excluding hydrogens is 490 g/mol. The number of carbonyl (C=O) groups excluding carboxylic acids is 1. The molecule has 4 rings (SSSR count). The molecule has 2 aromatic heterocycles. The van der Waals surface area contributed by atoms with Crippen LogP contribution in [0.5, 0.6) is 0 Å². The van der Waals surface area contributed by atoms with E-state index in [0.29, 0.717) is 27.3 Å². The first-order valence-electron chi connectivity index (χ1n) is 9.96. The number of hydrogen-bond acceptors (Lipinski definition) is 8. The van der Waals surface area contributed by atoms with Crippen molar-refractivity contribution in [2.24, 2.45) is 0 Å². The number of nitrogens with one attached hydrogen (secondary N) is 2. The molecule has 0 unspecified atom stereocenters. The summed E-state index contributed by atoms with van der Waals surface area (Å²) in [5.74, 6) is -0.809. The number of aromatic nitrogens is 1. The lowest BCUT2D eigenvalue weighted by Crippen LogP contribution is -2.15. The molecule has 0 saturated carbocycles. The number of thiophene rings is 1. The van der Waals surface area contributed by atoms with Gasteiger partial charge in [-0.2, -0.15) is 5.26 Å². The van der Waals surface area contributed by atoms with Crippen molar-refractivity contribution in [1.29, 1.82) is 5.26 Å². The number of amides is 1. The third-order valence-electron chi connectivity index (χ3n) is 4.75. The number of carbonyl (C=O) groups is 1. The van der Waals surface area contributed by atoms with E-state index in [2.05, 4.69) is 22.2 Å². The highest BCUT2D eigenvalue weighted by Crippen LogP contribution is 2.42. The highest BCUT2D eigenvalue weighted by Gasteiger charge is 2.26. The molecule has 0 fully saturated rings. The molecule has 1 amide bonds. The minimum Gasteiger partial charge on any atom is -0.505 e. The topological polar surface area (TPSA) is 124 Å². The Morgan fingerprint density at radius 2 is 1.97 bits per heavy atom. The third kappa shape index (κ3) is 4.61. The van der Waals surface area contributed by atoms with E-state index in [1.807, 2.05) is 30.3 Å². The Hall–Kier alpha value is -3.84. The van der Waals surface area contributed by atoms with Crippen molar-refractivity contribution < 1.29 is 9.90 Å². The molecule has 0 aliphatic rings. The Labute approximate surface area is 208 Å². The number of nitriles is 1. The second kappa shape index (κ2) is 9.97. The van der Waals surface area contributed by atoms with Crippen LogP contribution in [0, 0.1) is 11.3 Å². The number of allylic oxidation sites excluding steroid dienone is 1. The van der Waals surface area contributed by atoms with Crippen molar-refractivity contribution in [1.82, 2.24) is 4.98 Å². The van der Waals surface area contributed by atoms with E-state index in [9.17, 15) is 15.2 Å². The molecule has 34 heavy (non-hydrogen) atoms. The van der Waals surface area contributed by atoms with Gasteiger partial charge in [0, 0.05) is 17.3 Å². The first-order valence-corrected chi connectivity index (χ1v) is 12.0. The third-order valence-corrected chi connectivity index (χ3v) is 7.23. The van der Waals surface area contributed by atoms with E-state index >= 15 is 0 Å². The molecule has 4 aromatic rings. The maximum absolute atomic E-state index is 13.1. The zero-order chi connectivity index (χ0) is 24.2. The van der Waals surface area contributed by atoms with E-state index in [1.165, 1.54) is 11.3 Å². The first-order chi connectivity index (χ1) is 16.4. The lowest BCUT2D eigenvalue weighted by Gasteiger charge is -2.08. The quantitative estimate of drug-likeness (QED) is 0.130. The summed E-state index contributed by atoms with van der Waals surface area (Å²) >= 11 is 8.28. The smallest absolute Gasteiger partial charge is 0.260 e. The summed E-state index contributed by atoms with van der Waals surface area (Å²) < 4.78 is 0.883. The van der Waals surface area contributed by atoms with E-state index in [-0.39, 0.29) is 27.5 Å². The zero-order valence-electron chi connectivity index (χ0n) is 17.6. The fourth-order valence-corrected chi connectivity index (χ4v) is 5.32. The lowest BCUT2D eigenvalue weighted by molar-refractivity contribution is 0.102. The van der Waals surface area contributed by atoms with E-state index in [0.717, 1.165) is 21.6 Å².